The van der Waals surface area contributed by atoms with E-state index < -0.39 is 17.2 Å². The van der Waals surface area contributed by atoms with Gasteiger partial charge in [0.25, 0.3) is 0 Å². The Balaban J connectivity index is 1.43. The Hall–Kier alpha value is -2.48. The largest absolute Gasteiger partial charge is 0.508 e. The van der Waals surface area contributed by atoms with Crippen LogP contribution in [0.2, 0.25) is 0 Å². The molecule has 1 spiro atoms. The predicted molar refractivity (Wildman–Crippen MR) is 127 cm³/mol. The number of alkyl carbamates (subject to hydrolysis) is 1. The van der Waals surface area contributed by atoms with Gasteiger partial charge in [-0.25, -0.2) is 9.59 Å². The molecule has 4 rings (SSSR count). The number of cyclic esters (lactones) is 1. The van der Waals surface area contributed by atoms with Crippen molar-refractivity contribution < 1.29 is 28.9 Å². The lowest BCUT2D eigenvalue weighted by Gasteiger charge is -2.51. The molecule has 188 valence electrons. The molecule has 2 aliphatic heterocycles. The molecule has 1 saturated carbocycles. The van der Waals surface area contributed by atoms with Crippen molar-refractivity contribution >= 4 is 12.2 Å². The molecule has 2 saturated heterocycles. The number of para-hydroxylation sites is 1. The van der Waals surface area contributed by atoms with Gasteiger partial charge in [-0.15, -0.1) is 0 Å². The molecular formula is C26H38N2O6. The van der Waals surface area contributed by atoms with Crippen molar-refractivity contribution in [1.29, 1.82) is 0 Å². The van der Waals surface area contributed by atoms with E-state index in [0.29, 0.717) is 37.8 Å². The van der Waals surface area contributed by atoms with E-state index in [1.807, 2.05) is 39.0 Å². The lowest BCUT2D eigenvalue weighted by Crippen LogP contribution is -2.70. The van der Waals surface area contributed by atoms with Crippen molar-refractivity contribution in [3.63, 3.8) is 0 Å². The number of carbonyl (C=O) groups is 2. The van der Waals surface area contributed by atoms with Crippen LogP contribution in [0.4, 0.5) is 9.59 Å². The Morgan fingerprint density at radius 2 is 1.94 bits per heavy atom. The summed E-state index contributed by atoms with van der Waals surface area (Å²) in [6, 6.07) is 7.24. The summed E-state index contributed by atoms with van der Waals surface area (Å²) in [6.07, 6.45) is 5.12. The molecule has 0 aromatic heterocycles. The molecule has 8 nitrogen and oxygen atoms in total. The minimum Gasteiger partial charge on any atom is -0.508 e. The number of aromatic hydroxyl groups is 1. The monoisotopic (exact) mass is 474 g/mol. The Morgan fingerprint density at radius 1 is 1.21 bits per heavy atom. The number of carbonyl (C=O) groups excluding carboxylic acids is 2. The fourth-order valence-electron chi connectivity index (χ4n) is 5.64. The number of benzene rings is 1. The number of nitrogens with zero attached hydrogens (tertiary/aromatic N) is 1. The van der Waals surface area contributed by atoms with Gasteiger partial charge in [-0.3, -0.25) is 0 Å². The minimum atomic E-state index is -0.604. The van der Waals surface area contributed by atoms with Crippen molar-refractivity contribution in [2.24, 2.45) is 0 Å². The van der Waals surface area contributed by atoms with E-state index in [1.54, 1.807) is 11.0 Å². The molecule has 2 N–H and O–H groups in total. The maximum absolute atomic E-state index is 13.1. The maximum atomic E-state index is 13.1. The van der Waals surface area contributed by atoms with Gasteiger partial charge in [0, 0.05) is 13.0 Å². The zero-order valence-corrected chi connectivity index (χ0v) is 20.5. The first-order valence-electron chi connectivity index (χ1n) is 12.5. The molecule has 0 radical (unpaired) electrons. The van der Waals surface area contributed by atoms with Gasteiger partial charge in [-0.05, 0) is 76.8 Å². The summed E-state index contributed by atoms with van der Waals surface area (Å²) in [6.45, 7) is 6.81. The molecule has 1 aliphatic carbocycles. The molecule has 0 unspecified atom stereocenters. The number of ether oxygens (including phenoxy) is 3. The van der Waals surface area contributed by atoms with E-state index in [-0.39, 0.29) is 18.2 Å². The average molecular weight is 475 g/mol. The van der Waals surface area contributed by atoms with Crippen molar-refractivity contribution in [3.8, 4) is 5.75 Å². The highest BCUT2D eigenvalue weighted by Gasteiger charge is 2.50. The Morgan fingerprint density at radius 3 is 2.62 bits per heavy atom. The van der Waals surface area contributed by atoms with Crippen molar-refractivity contribution in [3.05, 3.63) is 29.8 Å². The molecule has 3 fully saturated rings. The van der Waals surface area contributed by atoms with Gasteiger partial charge in [-0.1, -0.05) is 18.2 Å². The molecule has 2 atom stereocenters. The van der Waals surface area contributed by atoms with Crippen LogP contribution in [0.25, 0.3) is 0 Å². The zero-order chi connectivity index (χ0) is 24.3. The Kier molecular flexibility index (Phi) is 7.26. The maximum Gasteiger partial charge on any atom is 0.410 e. The smallest absolute Gasteiger partial charge is 0.410 e. The highest BCUT2D eigenvalue weighted by Crippen LogP contribution is 2.39. The molecule has 8 heteroatoms. The quantitative estimate of drug-likeness (QED) is 0.656. The third-order valence-electron chi connectivity index (χ3n) is 7.34. The van der Waals surface area contributed by atoms with Crippen LogP contribution in [0.3, 0.4) is 0 Å². The van der Waals surface area contributed by atoms with Crippen molar-refractivity contribution in [2.75, 3.05) is 19.8 Å². The van der Waals surface area contributed by atoms with E-state index in [2.05, 4.69) is 5.32 Å². The predicted octanol–water partition coefficient (Wildman–Crippen LogP) is 4.70. The second-order valence-electron chi connectivity index (χ2n) is 10.8. The molecule has 34 heavy (non-hydrogen) atoms. The van der Waals surface area contributed by atoms with E-state index in [4.69, 9.17) is 14.2 Å². The number of nitrogens with one attached hydrogen (secondary N) is 1. The van der Waals surface area contributed by atoms with E-state index in [1.165, 1.54) is 0 Å². The van der Waals surface area contributed by atoms with Crippen LogP contribution in [-0.2, 0) is 14.2 Å². The average Bonchev–Trinajstić information content (AvgIpc) is 2.78. The summed E-state index contributed by atoms with van der Waals surface area (Å²) in [5, 5.41) is 13.2. The molecule has 1 aromatic carbocycles. The van der Waals surface area contributed by atoms with Gasteiger partial charge in [0.1, 0.15) is 11.4 Å². The fourth-order valence-corrected chi connectivity index (χ4v) is 5.64. The van der Waals surface area contributed by atoms with Gasteiger partial charge in [0.15, 0.2) is 0 Å². The van der Waals surface area contributed by atoms with Gasteiger partial charge in [0.2, 0.25) is 0 Å². The van der Waals surface area contributed by atoms with Gasteiger partial charge in [-0.2, -0.15) is 0 Å². The third kappa shape index (κ3) is 5.59. The number of amides is 2. The molecule has 3 aliphatic rings. The number of phenols is 1. The lowest BCUT2D eigenvalue weighted by molar-refractivity contribution is -0.0700. The number of hydrogen-bond acceptors (Lipinski definition) is 6. The molecule has 2 heterocycles. The molecule has 1 aromatic rings. The first kappa shape index (κ1) is 24.6. The third-order valence-corrected chi connectivity index (χ3v) is 7.34. The van der Waals surface area contributed by atoms with Crippen LogP contribution in [0, 0.1) is 0 Å². The summed E-state index contributed by atoms with van der Waals surface area (Å²) < 4.78 is 17.2. The van der Waals surface area contributed by atoms with E-state index in [0.717, 1.165) is 44.1 Å². The van der Waals surface area contributed by atoms with Crippen molar-refractivity contribution in [1.82, 2.24) is 10.2 Å². The first-order chi connectivity index (χ1) is 16.2. The van der Waals surface area contributed by atoms with Crippen LogP contribution in [0.1, 0.15) is 77.2 Å². The van der Waals surface area contributed by atoms with Crippen LogP contribution in [0.15, 0.2) is 24.3 Å². The Bertz CT molecular complexity index is 872. The summed E-state index contributed by atoms with van der Waals surface area (Å²) in [7, 11) is 0. The number of phenolic OH excluding ortho intramolecular Hbond substituents is 1. The highest BCUT2D eigenvalue weighted by atomic mass is 16.6. The number of piperidine rings is 1. The molecule has 0 bridgehead atoms. The van der Waals surface area contributed by atoms with Crippen LogP contribution in [-0.4, -0.2) is 65.2 Å². The number of hydrogen-bond donors (Lipinski definition) is 2. The first-order valence-corrected chi connectivity index (χ1v) is 12.5. The number of likely N-dealkylation sites (tertiary alicyclic amines) is 1. The van der Waals surface area contributed by atoms with Crippen molar-refractivity contribution in [2.45, 2.75) is 94.9 Å². The minimum absolute atomic E-state index is 0.0807. The van der Waals surface area contributed by atoms with Gasteiger partial charge >= 0.3 is 12.2 Å². The van der Waals surface area contributed by atoms with Crippen LogP contribution >= 0.6 is 0 Å². The molecule has 2 amide bonds. The standard InChI is InChI=1S/C26H38N2O6/c1-25(2,3)34-24(31)28-15-6-13-26(14-16-32-23(30)27-26)22(28)17-33-19-11-9-18(10-12-19)20-7-4-5-8-21(20)29/h4-5,7-8,18-19,22,29H,6,9-17H2,1-3H3,(H,27,30)/t18?,19?,22-,26+/m0/s1. The second kappa shape index (κ2) is 10.0. The lowest BCUT2D eigenvalue weighted by atomic mass is 9.78. The summed E-state index contributed by atoms with van der Waals surface area (Å²) >= 11 is 0. The van der Waals surface area contributed by atoms with Crippen LogP contribution in [0.5, 0.6) is 5.75 Å². The summed E-state index contributed by atoms with van der Waals surface area (Å²) in [5.74, 6) is 0.689. The normalized spacial score (nSPS) is 29.9. The van der Waals surface area contributed by atoms with E-state index >= 15 is 0 Å². The van der Waals surface area contributed by atoms with E-state index in [9.17, 15) is 14.7 Å². The fraction of sp³-hybridized carbons (Fsp3) is 0.692. The zero-order valence-electron chi connectivity index (χ0n) is 20.5. The summed E-state index contributed by atoms with van der Waals surface area (Å²) in [4.78, 5) is 27.0. The highest BCUT2D eigenvalue weighted by molar-refractivity contribution is 5.71. The number of rotatable bonds is 4. The van der Waals surface area contributed by atoms with Gasteiger partial charge < -0.3 is 29.5 Å². The SMILES string of the molecule is CC(C)(C)OC(=O)N1CCC[C@@]2(CCOC(=O)N2)[C@@H]1COC1CCC(c2ccccc2O)CC1. The van der Waals surface area contributed by atoms with Crippen LogP contribution < -0.4 is 5.32 Å². The van der Waals surface area contributed by atoms with Gasteiger partial charge in [0.05, 0.1) is 30.9 Å². The second-order valence-corrected chi connectivity index (χ2v) is 10.8. The topological polar surface area (TPSA) is 97.3 Å². The Labute approximate surface area is 201 Å². The molecular weight excluding hydrogens is 436 g/mol. The summed E-state index contributed by atoms with van der Waals surface area (Å²) in [5.41, 5.74) is -0.168.